The first-order valence-corrected chi connectivity index (χ1v) is 21.5. The van der Waals surface area contributed by atoms with Gasteiger partial charge in [0.05, 0.1) is 16.7 Å². The molecule has 4 aromatic heterocycles. The van der Waals surface area contributed by atoms with Crippen molar-refractivity contribution >= 4 is 93.1 Å². The van der Waals surface area contributed by atoms with Crippen molar-refractivity contribution in [1.29, 1.82) is 0 Å². The van der Waals surface area contributed by atoms with Crippen molar-refractivity contribution in [3.05, 3.63) is 187 Å². The molecule has 0 N–H and O–H groups in total. The second-order valence-corrected chi connectivity index (χ2v) is 16.6. The fourth-order valence-corrected chi connectivity index (χ4v) is 10.1. The Labute approximate surface area is 360 Å². The lowest BCUT2D eigenvalue weighted by Gasteiger charge is -2.16. The van der Waals surface area contributed by atoms with E-state index in [-0.39, 0.29) is 0 Å². The number of para-hydroxylation sites is 1. The van der Waals surface area contributed by atoms with Crippen LogP contribution in [0.1, 0.15) is 17.7 Å². The summed E-state index contributed by atoms with van der Waals surface area (Å²) in [7, 11) is 0. The molecule has 6 nitrogen and oxygen atoms in total. The number of nitrogens with zero attached hydrogens (tertiary/aromatic N) is 4. The molecule has 0 aliphatic heterocycles. The summed E-state index contributed by atoms with van der Waals surface area (Å²) in [5.41, 5.74) is 9.43. The average molecular weight is 807 g/mol. The Morgan fingerprint density at radius 3 is 2.00 bits per heavy atom. The smallest absolute Gasteiger partial charge is 0.166 e. The van der Waals surface area contributed by atoms with E-state index in [0.29, 0.717) is 17.5 Å². The second kappa shape index (κ2) is 13.1. The van der Waals surface area contributed by atoms with Crippen molar-refractivity contribution in [1.82, 2.24) is 19.5 Å². The number of hydrogen-bond donors (Lipinski definition) is 0. The lowest BCUT2D eigenvalue weighted by atomic mass is 9.99. The fraction of sp³-hybridized carbons (Fsp3) is 0.0351. The summed E-state index contributed by atoms with van der Waals surface area (Å²) < 4.78 is 15.5. The molecule has 4 heterocycles. The van der Waals surface area contributed by atoms with Crippen molar-refractivity contribution in [2.24, 2.45) is 0 Å². The zero-order valence-electron chi connectivity index (χ0n) is 33.8. The van der Waals surface area contributed by atoms with Crippen LogP contribution in [0, 0.1) is 0 Å². The van der Waals surface area contributed by atoms with Gasteiger partial charge in [0.1, 0.15) is 22.5 Å². The van der Waals surface area contributed by atoms with Crippen LogP contribution in [0.5, 0.6) is 0 Å². The lowest BCUT2D eigenvalue weighted by molar-refractivity contribution is 0.595. The predicted molar refractivity (Wildman–Crippen MR) is 257 cm³/mol. The molecule has 14 rings (SSSR count). The van der Waals surface area contributed by atoms with Crippen molar-refractivity contribution in [3.8, 4) is 39.9 Å². The molecule has 0 saturated carbocycles. The van der Waals surface area contributed by atoms with E-state index < -0.39 is 0 Å². The van der Waals surface area contributed by atoms with Gasteiger partial charge in [0.15, 0.2) is 17.5 Å². The van der Waals surface area contributed by atoms with E-state index in [1.54, 1.807) is 0 Å². The first-order chi connectivity index (χ1) is 31.2. The normalized spacial score (nSPS) is 12.9. The van der Waals surface area contributed by atoms with Gasteiger partial charge in [-0.05, 0) is 99.8 Å². The maximum absolute atomic E-state index is 6.71. The molecule has 6 heteroatoms. The fourth-order valence-electron chi connectivity index (χ4n) is 10.1. The van der Waals surface area contributed by atoms with Gasteiger partial charge in [0, 0.05) is 49.2 Å². The molecule has 0 spiro atoms. The minimum atomic E-state index is 0.548. The van der Waals surface area contributed by atoms with E-state index in [2.05, 4.69) is 156 Å². The predicted octanol–water partition coefficient (Wildman–Crippen LogP) is 15.0. The van der Waals surface area contributed by atoms with Crippen LogP contribution in [0.15, 0.2) is 185 Å². The number of benzene rings is 9. The van der Waals surface area contributed by atoms with Gasteiger partial charge < -0.3 is 13.4 Å². The van der Waals surface area contributed by atoms with E-state index in [0.717, 1.165) is 95.7 Å². The molecule has 0 unspecified atom stereocenters. The molecule has 0 atom stereocenters. The zero-order chi connectivity index (χ0) is 41.2. The van der Waals surface area contributed by atoms with Gasteiger partial charge in [-0.25, -0.2) is 15.0 Å². The van der Waals surface area contributed by atoms with Crippen LogP contribution in [0.3, 0.4) is 0 Å². The topological polar surface area (TPSA) is 69.9 Å². The third-order valence-corrected chi connectivity index (χ3v) is 13.1. The van der Waals surface area contributed by atoms with E-state index in [9.17, 15) is 0 Å². The standard InChI is InChI=1S/C57H34N4O2/c1-2-14-35-28-38(25-24-33(35)12-1)55-58-56(42-20-11-23-51-54(42)41-19-8-10-22-50(41)62-51)60-57(59-55)45-32-52-43(40-18-7-9-21-49(40)63-52)31-48(45)61-46-27-26-34-13-5-6-17-39(34)53(46)44-29-36-15-3-4-16-37(36)30-47(44)61/h1-6,8-17,19-32H,7,18H2. The van der Waals surface area contributed by atoms with E-state index >= 15 is 0 Å². The molecule has 1 aliphatic rings. The number of aromatic nitrogens is 4. The maximum atomic E-state index is 6.71. The van der Waals surface area contributed by atoms with Crippen LogP contribution in [0.25, 0.3) is 133 Å². The number of aryl methyl sites for hydroxylation is 1. The summed E-state index contributed by atoms with van der Waals surface area (Å²) in [6.45, 7) is 0. The van der Waals surface area contributed by atoms with Gasteiger partial charge in [-0.1, -0.05) is 127 Å². The largest absolute Gasteiger partial charge is 0.456 e. The van der Waals surface area contributed by atoms with Crippen molar-refractivity contribution in [3.63, 3.8) is 0 Å². The molecule has 9 aromatic carbocycles. The van der Waals surface area contributed by atoms with E-state index in [1.165, 1.54) is 37.9 Å². The van der Waals surface area contributed by atoms with Crippen molar-refractivity contribution < 1.29 is 8.83 Å². The molecule has 0 amide bonds. The van der Waals surface area contributed by atoms with E-state index in [4.69, 9.17) is 23.8 Å². The summed E-state index contributed by atoms with van der Waals surface area (Å²) in [5.74, 6) is 2.60. The Kier molecular flexibility index (Phi) is 7.13. The van der Waals surface area contributed by atoms with Crippen LogP contribution in [0.2, 0.25) is 0 Å². The molecule has 1 aliphatic carbocycles. The molecular weight excluding hydrogens is 773 g/mol. The molecule has 63 heavy (non-hydrogen) atoms. The maximum Gasteiger partial charge on any atom is 0.166 e. The third kappa shape index (κ3) is 5.15. The number of furan rings is 2. The Morgan fingerprint density at radius 1 is 0.429 bits per heavy atom. The Bertz CT molecular complexity index is 4110. The third-order valence-electron chi connectivity index (χ3n) is 13.1. The first-order valence-electron chi connectivity index (χ1n) is 21.5. The molecule has 0 radical (unpaired) electrons. The molecule has 0 saturated heterocycles. The first kappa shape index (κ1) is 34.4. The van der Waals surface area contributed by atoms with Gasteiger partial charge in [0.2, 0.25) is 0 Å². The van der Waals surface area contributed by atoms with Gasteiger partial charge >= 0.3 is 0 Å². The molecule has 294 valence electrons. The highest BCUT2D eigenvalue weighted by Gasteiger charge is 2.25. The van der Waals surface area contributed by atoms with Gasteiger partial charge in [-0.2, -0.15) is 0 Å². The summed E-state index contributed by atoms with van der Waals surface area (Å²) in [4.78, 5) is 16.2. The molecule has 13 aromatic rings. The van der Waals surface area contributed by atoms with Crippen LogP contribution in [-0.2, 0) is 6.42 Å². The SMILES string of the molecule is C1=Cc2oc3cc(-c4nc(-c5ccc6ccccc6c5)nc(-c5cccc6oc7ccccc7c56)n4)c(-n4c5cc6ccccc6cc5c5c6ccccc6ccc54)cc3c2CC1. The van der Waals surface area contributed by atoms with Crippen molar-refractivity contribution in [2.75, 3.05) is 0 Å². The van der Waals surface area contributed by atoms with Gasteiger partial charge in [0.25, 0.3) is 0 Å². The quantitative estimate of drug-likeness (QED) is 0.177. The highest BCUT2D eigenvalue weighted by Crippen LogP contribution is 2.44. The van der Waals surface area contributed by atoms with Crippen molar-refractivity contribution in [2.45, 2.75) is 12.8 Å². The minimum Gasteiger partial charge on any atom is -0.456 e. The number of hydrogen-bond acceptors (Lipinski definition) is 5. The summed E-state index contributed by atoms with van der Waals surface area (Å²) in [6, 6.07) is 60.1. The van der Waals surface area contributed by atoms with Gasteiger partial charge in [-0.3, -0.25) is 0 Å². The molecular formula is C57H34N4O2. The molecule has 0 bridgehead atoms. The van der Waals surface area contributed by atoms with Crippen LogP contribution in [-0.4, -0.2) is 19.5 Å². The average Bonchev–Trinajstić information content (AvgIpc) is 4.01. The zero-order valence-corrected chi connectivity index (χ0v) is 33.8. The van der Waals surface area contributed by atoms with Crippen LogP contribution in [0.4, 0.5) is 0 Å². The highest BCUT2D eigenvalue weighted by molar-refractivity contribution is 6.23. The lowest BCUT2D eigenvalue weighted by Crippen LogP contribution is -2.04. The minimum absolute atomic E-state index is 0.548. The number of rotatable bonds is 4. The van der Waals surface area contributed by atoms with Crippen LogP contribution < -0.4 is 0 Å². The Balaban J connectivity index is 1.13. The Hall–Kier alpha value is -8.35. The van der Waals surface area contributed by atoms with Gasteiger partial charge in [-0.15, -0.1) is 0 Å². The second-order valence-electron chi connectivity index (χ2n) is 16.6. The van der Waals surface area contributed by atoms with E-state index in [1.807, 2.05) is 30.3 Å². The monoisotopic (exact) mass is 806 g/mol. The summed E-state index contributed by atoms with van der Waals surface area (Å²) >= 11 is 0. The van der Waals surface area contributed by atoms with Crippen LogP contribution >= 0.6 is 0 Å². The highest BCUT2D eigenvalue weighted by atomic mass is 16.3. The number of fused-ring (bicyclic) bond motifs is 13. The molecule has 0 fully saturated rings. The Morgan fingerprint density at radius 2 is 1.13 bits per heavy atom. The summed E-state index contributed by atoms with van der Waals surface area (Å²) in [5, 5.41) is 12.5. The summed E-state index contributed by atoms with van der Waals surface area (Å²) in [6.07, 6.45) is 6.19. The number of allylic oxidation sites excluding steroid dienone is 1.